The van der Waals surface area contributed by atoms with Gasteiger partial charge in [0.05, 0.1) is 11.3 Å². The first-order valence-electron chi connectivity index (χ1n) is 10.1. The first-order valence-corrected chi connectivity index (χ1v) is 10.1. The summed E-state index contributed by atoms with van der Waals surface area (Å²) in [5.74, 6) is -2.78. The molecule has 1 amide bonds. The quantitative estimate of drug-likeness (QED) is 0.435. The number of amides is 1. The van der Waals surface area contributed by atoms with E-state index < -0.39 is 47.3 Å². The van der Waals surface area contributed by atoms with Crippen LogP contribution in [0, 0.1) is 5.82 Å². The van der Waals surface area contributed by atoms with Crippen LogP contribution < -0.4 is 10.1 Å². The Morgan fingerprint density at radius 3 is 2.11 bits per heavy atom. The predicted octanol–water partition coefficient (Wildman–Crippen LogP) is 5.28. The van der Waals surface area contributed by atoms with Crippen LogP contribution in [0.1, 0.15) is 24.3 Å². The van der Waals surface area contributed by atoms with Crippen LogP contribution in [-0.4, -0.2) is 45.2 Å². The number of halogens is 7. The van der Waals surface area contributed by atoms with Crippen LogP contribution in [0.15, 0.2) is 54.6 Å². The minimum atomic E-state index is -5.01. The van der Waals surface area contributed by atoms with Gasteiger partial charge < -0.3 is 15.2 Å². The van der Waals surface area contributed by atoms with E-state index in [-0.39, 0.29) is 22.6 Å². The second-order valence-electron chi connectivity index (χ2n) is 8.15. The highest BCUT2D eigenvalue weighted by Crippen LogP contribution is 2.30. The zero-order chi connectivity index (χ0) is 26.9. The topological polar surface area (TPSA) is 84.3 Å². The number of ether oxygens (including phenoxy) is 1. The molecule has 1 aromatic heterocycles. The third-order valence-corrected chi connectivity index (χ3v) is 4.73. The summed E-state index contributed by atoms with van der Waals surface area (Å²) < 4.78 is 95.2. The van der Waals surface area contributed by atoms with Crippen LogP contribution in [-0.2, 0) is 0 Å². The van der Waals surface area contributed by atoms with Crippen molar-refractivity contribution in [2.75, 3.05) is 0 Å². The molecular formula is C23H18F7N3O3. The third kappa shape index (κ3) is 6.90. The van der Waals surface area contributed by atoms with Crippen molar-refractivity contribution in [2.24, 2.45) is 0 Å². The van der Waals surface area contributed by atoms with Crippen molar-refractivity contribution in [3.63, 3.8) is 0 Å². The predicted molar refractivity (Wildman–Crippen MR) is 113 cm³/mol. The lowest BCUT2D eigenvalue weighted by Gasteiger charge is -2.31. The zero-order valence-electron chi connectivity index (χ0n) is 18.6. The Labute approximate surface area is 199 Å². The fourth-order valence-electron chi connectivity index (χ4n) is 3.16. The highest BCUT2D eigenvalue weighted by molar-refractivity contribution is 5.94. The largest absolute Gasteiger partial charge is 0.573 e. The Kier molecular flexibility index (Phi) is 7.25. The molecule has 0 bridgehead atoms. The molecule has 13 heteroatoms. The first-order chi connectivity index (χ1) is 16.5. The van der Waals surface area contributed by atoms with Crippen LogP contribution in [0.2, 0.25) is 0 Å². The number of benzene rings is 2. The van der Waals surface area contributed by atoms with Crippen molar-refractivity contribution in [1.82, 2.24) is 15.3 Å². The number of nitrogens with zero attached hydrogens (tertiary/aromatic N) is 2. The minimum Gasteiger partial charge on any atom is -0.406 e. The van der Waals surface area contributed by atoms with Crippen molar-refractivity contribution in [3.05, 3.63) is 66.1 Å². The maximum absolute atomic E-state index is 13.8. The van der Waals surface area contributed by atoms with Gasteiger partial charge in [-0.05, 0) is 56.3 Å². The second kappa shape index (κ2) is 9.72. The number of nitrogens with one attached hydrogen (secondary N) is 1. The average Bonchev–Trinajstić information content (AvgIpc) is 2.75. The fourth-order valence-corrected chi connectivity index (χ4v) is 3.16. The molecule has 0 fully saturated rings. The van der Waals surface area contributed by atoms with Crippen LogP contribution in [0.3, 0.4) is 0 Å². The maximum Gasteiger partial charge on any atom is 0.573 e. The van der Waals surface area contributed by atoms with Gasteiger partial charge in [-0.1, -0.05) is 12.1 Å². The molecule has 1 atom stereocenters. The molecule has 192 valence electrons. The van der Waals surface area contributed by atoms with Crippen molar-refractivity contribution in [3.8, 4) is 28.4 Å². The van der Waals surface area contributed by atoms with E-state index in [4.69, 9.17) is 0 Å². The number of carbonyl (C=O) groups is 1. The highest BCUT2D eigenvalue weighted by atomic mass is 19.4. The number of rotatable bonds is 6. The van der Waals surface area contributed by atoms with Crippen LogP contribution in [0.4, 0.5) is 30.7 Å². The molecule has 3 rings (SSSR count). The second-order valence-corrected chi connectivity index (χ2v) is 8.15. The van der Waals surface area contributed by atoms with Crippen LogP contribution in [0.5, 0.6) is 5.75 Å². The lowest BCUT2D eigenvalue weighted by molar-refractivity contribution is -0.274. The number of aliphatic hydroxyl groups is 1. The summed E-state index contributed by atoms with van der Waals surface area (Å²) in [5.41, 5.74) is -2.76. The molecular weight excluding hydrogens is 499 g/mol. The molecule has 3 aromatic rings. The van der Waals surface area contributed by atoms with E-state index in [1.807, 2.05) is 0 Å². The smallest absolute Gasteiger partial charge is 0.406 e. The SMILES string of the molecule is CC(C)(O)C(NC(=O)c1cc(-c2ccc(OC(F)(F)F)cc2)nc(-c2cccc(F)c2)n1)C(F)(F)F. The monoisotopic (exact) mass is 517 g/mol. The summed E-state index contributed by atoms with van der Waals surface area (Å²) in [4.78, 5) is 20.9. The minimum absolute atomic E-state index is 0.0558. The van der Waals surface area contributed by atoms with E-state index in [9.17, 15) is 40.6 Å². The van der Waals surface area contributed by atoms with Gasteiger partial charge in [-0.15, -0.1) is 13.2 Å². The Morgan fingerprint density at radius 2 is 1.58 bits per heavy atom. The number of hydrogen-bond acceptors (Lipinski definition) is 5. The number of carbonyl (C=O) groups excluding carboxylic acids is 1. The van der Waals surface area contributed by atoms with Gasteiger partial charge in [-0.25, -0.2) is 14.4 Å². The molecule has 2 N–H and O–H groups in total. The Morgan fingerprint density at radius 1 is 0.944 bits per heavy atom. The van der Waals surface area contributed by atoms with Crippen molar-refractivity contribution in [2.45, 2.75) is 38.0 Å². The van der Waals surface area contributed by atoms with E-state index in [0.29, 0.717) is 0 Å². The lowest BCUT2D eigenvalue weighted by atomic mass is 9.98. The molecule has 0 aliphatic rings. The van der Waals surface area contributed by atoms with E-state index >= 15 is 0 Å². The normalized spacial score (nSPS) is 13.3. The van der Waals surface area contributed by atoms with E-state index in [2.05, 4.69) is 14.7 Å². The molecule has 1 heterocycles. The standard InChI is InChI=1S/C23H18F7N3O3/c1-21(2,35)20(22(25,26)27)33-19(34)17-11-16(12-6-8-15(9-7-12)36-23(28,29)30)31-18(32-17)13-4-3-5-14(24)10-13/h3-11,20,35H,1-2H3,(H,33,34). The zero-order valence-corrected chi connectivity index (χ0v) is 18.6. The van der Waals surface area contributed by atoms with Crippen molar-refractivity contribution >= 4 is 5.91 Å². The molecule has 0 aliphatic carbocycles. The molecule has 0 aliphatic heterocycles. The number of aromatic nitrogens is 2. The summed E-state index contributed by atoms with van der Waals surface area (Å²) in [6.07, 6.45) is -9.94. The van der Waals surface area contributed by atoms with Crippen molar-refractivity contribution < 1.29 is 45.4 Å². The molecule has 0 saturated heterocycles. The summed E-state index contributed by atoms with van der Waals surface area (Å²) >= 11 is 0. The van der Waals surface area contributed by atoms with E-state index in [0.717, 1.165) is 44.2 Å². The van der Waals surface area contributed by atoms with Crippen LogP contribution in [0.25, 0.3) is 22.6 Å². The molecule has 0 spiro atoms. The third-order valence-electron chi connectivity index (χ3n) is 4.73. The summed E-state index contributed by atoms with van der Waals surface area (Å²) in [6, 6.07) is 7.50. The lowest BCUT2D eigenvalue weighted by Crippen LogP contribution is -2.57. The molecule has 1 unspecified atom stereocenters. The van der Waals surface area contributed by atoms with Crippen molar-refractivity contribution in [1.29, 1.82) is 0 Å². The van der Waals surface area contributed by atoms with Gasteiger partial charge in [0.25, 0.3) is 5.91 Å². The number of hydrogen-bond donors (Lipinski definition) is 2. The van der Waals surface area contributed by atoms with Gasteiger partial charge in [-0.3, -0.25) is 4.79 Å². The summed E-state index contributed by atoms with van der Waals surface area (Å²) in [5, 5.41) is 11.6. The summed E-state index contributed by atoms with van der Waals surface area (Å²) in [7, 11) is 0. The van der Waals surface area contributed by atoms with Gasteiger partial charge in [0.2, 0.25) is 0 Å². The first kappa shape index (κ1) is 26.9. The van der Waals surface area contributed by atoms with Gasteiger partial charge in [0, 0.05) is 11.1 Å². The average molecular weight is 517 g/mol. The van der Waals surface area contributed by atoms with E-state index in [1.165, 1.54) is 24.3 Å². The highest BCUT2D eigenvalue weighted by Gasteiger charge is 2.49. The number of alkyl halides is 6. The Bertz CT molecular complexity index is 1220. The van der Waals surface area contributed by atoms with Gasteiger partial charge in [0.15, 0.2) is 11.9 Å². The molecule has 6 nitrogen and oxygen atoms in total. The van der Waals surface area contributed by atoms with Gasteiger partial charge in [0.1, 0.15) is 17.3 Å². The van der Waals surface area contributed by atoms with Gasteiger partial charge in [-0.2, -0.15) is 13.2 Å². The van der Waals surface area contributed by atoms with Gasteiger partial charge >= 0.3 is 12.5 Å². The van der Waals surface area contributed by atoms with E-state index in [1.54, 1.807) is 5.32 Å². The molecule has 0 radical (unpaired) electrons. The Hall–Kier alpha value is -3.74. The maximum atomic E-state index is 13.8. The molecule has 0 saturated carbocycles. The Balaban J connectivity index is 2.07. The molecule has 2 aromatic carbocycles. The summed E-state index contributed by atoms with van der Waals surface area (Å²) in [6.45, 7) is 1.72. The fraction of sp³-hybridized carbons (Fsp3) is 0.261. The van der Waals surface area contributed by atoms with Crippen LogP contribution >= 0.6 is 0 Å². The molecule has 36 heavy (non-hydrogen) atoms.